The van der Waals surface area contributed by atoms with E-state index in [4.69, 9.17) is 0 Å². The van der Waals surface area contributed by atoms with E-state index in [9.17, 15) is 4.79 Å². The number of halogens is 1. The van der Waals surface area contributed by atoms with E-state index in [0.717, 1.165) is 26.4 Å². The predicted octanol–water partition coefficient (Wildman–Crippen LogP) is 4.54. The average Bonchev–Trinajstić information content (AvgIpc) is 3.05. The van der Waals surface area contributed by atoms with Gasteiger partial charge < -0.3 is 5.32 Å². The lowest BCUT2D eigenvalue weighted by Crippen LogP contribution is -2.12. The van der Waals surface area contributed by atoms with Crippen molar-refractivity contribution in [1.82, 2.24) is 9.97 Å². The van der Waals surface area contributed by atoms with Crippen molar-refractivity contribution in [2.24, 2.45) is 0 Å². The molecule has 1 aromatic carbocycles. The van der Waals surface area contributed by atoms with Gasteiger partial charge in [0.05, 0.1) is 16.4 Å². The molecule has 6 heteroatoms. The zero-order chi connectivity index (χ0) is 16.1. The second kappa shape index (κ2) is 7.48. The van der Waals surface area contributed by atoms with E-state index in [-0.39, 0.29) is 5.91 Å². The van der Waals surface area contributed by atoms with Crippen molar-refractivity contribution in [3.05, 3.63) is 63.7 Å². The SMILES string of the molecule is O=C(CCc1nc(-c2cccnc2)cs1)Nc1ccccc1Br. The molecule has 0 radical (unpaired) electrons. The highest BCUT2D eigenvalue weighted by atomic mass is 79.9. The Bertz CT molecular complexity index is 804. The number of benzene rings is 1. The van der Waals surface area contributed by atoms with E-state index in [1.165, 1.54) is 0 Å². The van der Waals surface area contributed by atoms with Crippen molar-refractivity contribution in [2.45, 2.75) is 12.8 Å². The molecule has 0 saturated carbocycles. The summed E-state index contributed by atoms with van der Waals surface area (Å²) in [6.07, 6.45) is 4.56. The first-order chi connectivity index (χ1) is 11.2. The van der Waals surface area contributed by atoms with Gasteiger partial charge in [0.1, 0.15) is 0 Å². The summed E-state index contributed by atoms with van der Waals surface area (Å²) in [6, 6.07) is 11.4. The number of para-hydroxylation sites is 1. The lowest BCUT2D eigenvalue weighted by Gasteiger charge is -2.06. The fourth-order valence-corrected chi connectivity index (χ4v) is 3.26. The summed E-state index contributed by atoms with van der Waals surface area (Å²) in [4.78, 5) is 20.7. The van der Waals surface area contributed by atoms with E-state index in [0.29, 0.717) is 12.8 Å². The normalized spacial score (nSPS) is 10.5. The fourth-order valence-electron chi connectivity index (χ4n) is 2.07. The molecule has 0 aliphatic carbocycles. The maximum absolute atomic E-state index is 12.0. The number of anilines is 1. The number of hydrogen-bond donors (Lipinski definition) is 1. The van der Waals surface area contributed by atoms with Gasteiger partial charge in [-0.25, -0.2) is 4.98 Å². The number of rotatable bonds is 5. The van der Waals surface area contributed by atoms with Gasteiger partial charge in [0.15, 0.2) is 0 Å². The van der Waals surface area contributed by atoms with E-state index >= 15 is 0 Å². The van der Waals surface area contributed by atoms with Gasteiger partial charge >= 0.3 is 0 Å². The van der Waals surface area contributed by atoms with Crippen LogP contribution in [-0.4, -0.2) is 15.9 Å². The van der Waals surface area contributed by atoms with Crippen LogP contribution in [-0.2, 0) is 11.2 Å². The summed E-state index contributed by atoms with van der Waals surface area (Å²) in [6.45, 7) is 0. The zero-order valence-electron chi connectivity index (χ0n) is 12.2. The number of carbonyl (C=O) groups excluding carboxylic acids is 1. The Morgan fingerprint density at radius 3 is 2.87 bits per heavy atom. The second-order valence-corrected chi connectivity index (χ2v) is 6.69. The minimum absolute atomic E-state index is 0.0185. The topological polar surface area (TPSA) is 54.9 Å². The molecule has 0 bridgehead atoms. The molecule has 0 saturated heterocycles. The Morgan fingerprint density at radius 1 is 1.22 bits per heavy atom. The number of thiazole rings is 1. The standard InChI is InChI=1S/C17H14BrN3OS/c18-13-5-1-2-6-14(13)20-16(22)7-8-17-21-15(11-23-17)12-4-3-9-19-10-12/h1-6,9-11H,7-8H2,(H,20,22). The minimum Gasteiger partial charge on any atom is -0.325 e. The molecule has 0 spiro atoms. The van der Waals surface area contributed by atoms with Crippen LogP contribution >= 0.6 is 27.3 Å². The van der Waals surface area contributed by atoms with Crippen molar-refractivity contribution in [1.29, 1.82) is 0 Å². The summed E-state index contributed by atoms with van der Waals surface area (Å²) in [5.74, 6) is -0.0185. The van der Waals surface area contributed by atoms with Crippen molar-refractivity contribution >= 4 is 38.9 Å². The first-order valence-electron chi connectivity index (χ1n) is 7.11. The van der Waals surface area contributed by atoms with E-state index in [2.05, 4.69) is 31.2 Å². The molecular weight excluding hydrogens is 374 g/mol. The maximum atomic E-state index is 12.0. The molecule has 3 rings (SSSR count). The van der Waals surface area contributed by atoms with Crippen LogP contribution in [0.4, 0.5) is 5.69 Å². The summed E-state index contributed by atoms with van der Waals surface area (Å²) < 4.78 is 0.876. The van der Waals surface area contributed by atoms with Crippen molar-refractivity contribution < 1.29 is 4.79 Å². The molecule has 0 fully saturated rings. The second-order valence-electron chi connectivity index (χ2n) is 4.90. The van der Waals surface area contributed by atoms with Gasteiger partial charge in [0.2, 0.25) is 5.91 Å². The molecule has 3 aromatic rings. The average molecular weight is 388 g/mol. The van der Waals surface area contributed by atoms with Gasteiger partial charge in [0.25, 0.3) is 0 Å². The number of pyridine rings is 1. The smallest absolute Gasteiger partial charge is 0.224 e. The molecule has 2 aromatic heterocycles. The number of nitrogens with one attached hydrogen (secondary N) is 1. The lowest BCUT2D eigenvalue weighted by molar-refractivity contribution is -0.116. The number of aromatic nitrogens is 2. The van der Waals surface area contributed by atoms with Crippen molar-refractivity contribution in [2.75, 3.05) is 5.32 Å². The van der Waals surface area contributed by atoms with Crippen LogP contribution < -0.4 is 5.32 Å². The Labute approximate surface area is 146 Å². The van der Waals surface area contributed by atoms with Gasteiger partial charge in [-0.05, 0) is 40.2 Å². The molecule has 1 N–H and O–H groups in total. The summed E-state index contributed by atoms with van der Waals surface area (Å²) in [5, 5.41) is 5.85. The molecule has 0 aliphatic heterocycles. The number of hydrogen-bond acceptors (Lipinski definition) is 4. The van der Waals surface area contributed by atoms with E-state index in [1.807, 2.05) is 41.8 Å². The predicted molar refractivity (Wildman–Crippen MR) is 96.4 cm³/mol. The summed E-state index contributed by atoms with van der Waals surface area (Å²) >= 11 is 4.99. The fraction of sp³-hybridized carbons (Fsp3) is 0.118. The number of nitrogens with zero attached hydrogens (tertiary/aromatic N) is 2. The monoisotopic (exact) mass is 387 g/mol. The van der Waals surface area contributed by atoms with Gasteiger partial charge in [-0.3, -0.25) is 9.78 Å². The number of aryl methyl sites for hydroxylation is 1. The van der Waals surface area contributed by atoms with Crippen LogP contribution in [0.25, 0.3) is 11.3 Å². The first-order valence-corrected chi connectivity index (χ1v) is 8.79. The molecule has 23 heavy (non-hydrogen) atoms. The molecule has 0 aliphatic rings. The van der Waals surface area contributed by atoms with E-state index < -0.39 is 0 Å². The van der Waals surface area contributed by atoms with Crippen LogP contribution in [0.15, 0.2) is 58.6 Å². The highest BCUT2D eigenvalue weighted by Gasteiger charge is 2.09. The van der Waals surface area contributed by atoms with Gasteiger partial charge in [-0.15, -0.1) is 11.3 Å². The molecule has 4 nitrogen and oxygen atoms in total. The Balaban J connectivity index is 1.58. The Morgan fingerprint density at radius 2 is 2.09 bits per heavy atom. The molecule has 116 valence electrons. The van der Waals surface area contributed by atoms with Gasteiger partial charge in [-0.2, -0.15) is 0 Å². The van der Waals surface area contributed by atoms with Gasteiger partial charge in [0, 0.05) is 40.7 Å². The third-order valence-corrected chi connectivity index (χ3v) is 4.82. The van der Waals surface area contributed by atoms with Gasteiger partial charge in [-0.1, -0.05) is 12.1 Å². The molecule has 0 atom stereocenters. The van der Waals surface area contributed by atoms with Crippen LogP contribution in [0, 0.1) is 0 Å². The van der Waals surface area contributed by atoms with Crippen molar-refractivity contribution in [3.8, 4) is 11.3 Å². The summed E-state index contributed by atoms with van der Waals surface area (Å²) in [7, 11) is 0. The van der Waals surface area contributed by atoms with Crippen LogP contribution in [0.5, 0.6) is 0 Å². The minimum atomic E-state index is -0.0185. The molecule has 0 unspecified atom stereocenters. The van der Waals surface area contributed by atoms with Crippen LogP contribution in [0.2, 0.25) is 0 Å². The van der Waals surface area contributed by atoms with Crippen molar-refractivity contribution in [3.63, 3.8) is 0 Å². The number of carbonyl (C=O) groups is 1. The molecule has 1 amide bonds. The maximum Gasteiger partial charge on any atom is 0.224 e. The Hall–Kier alpha value is -2.05. The molecular formula is C17H14BrN3OS. The Kier molecular flexibility index (Phi) is 5.15. The van der Waals surface area contributed by atoms with Crippen LogP contribution in [0.1, 0.15) is 11.4 Å². The third-order valence-electron chi connectivity index (χ3n) is 3.22. The summed E-state index contributed by atoms with van der Waals surface area (Å²) in [5.41, 5.74) is 2.68. The highest BCUT2D eigenvalue weighted by molar-refractivity contribution is 9.10. The van der Waals surface area contributed by atoms with E-state index in [1.54, 1.807) is 23.7 Å². The quantitative estimate of drug-likeness (QED) is 0.698. The molecule has 2 heterocycles. The lowest BCUT2D eigenvalue weighted by atomic mass is 10.2. The number of amides is 1. The van der Waals surface area contributed by atoms with Crippen LogP contribution in [0.3, 0.4) is 0 Å². The zero-order valence-corrected chi connectivity index (χ0v) is 14.6. The third kappa shape index (κ3) is 4.24. The first kappa shape index (κ1) is 15.8. The highest BCUT2D eigenvalue weighted by Crippen LogP contribution is 2.23. The largest absolute Gasteiger partial charge is 0.325 e.